The predicted octanol–water partition coefficient (Wildman–Crippen LogP) is 2.70. The van der Waals surface area contributed by atoms with Crippen molar-refractivity contribution < 1.29 is 13.6 Å². The molecule has 0 saturated carbocycles. The maximum Gasteiger partial charge on any atom is 0.241 e. The number of nitrogens with one attached hydrogen (secondary N) is 1. The summed E-state index contributed by atoms with van der Waals surface area (Å²) in [5.41, 5.74) is 5.58. The van der Waals surface area contributed by atoms with Crippen molar-refractivity contribution >= 4 is 24.0 Å². The first-order chi connectivity index (χ1) is 7.90. The van der Waals surface area contributed by atoms with Crippen molar-refractivity contribution in [1.82, 2.24) is 0 Å². The molecule has 3 N–H and O–H groups in total. The second-order valence-corrected chi connectivity index (χ2v) is 4.35. The Morgan fingerprint density at radius 2 is 2.00 bits per heavy atom. The summed E-state index contributed by atoms with van der Waals surface area (Å²) in [6.45, 7) is 3.87. The number of carbonyl (C=O) groups excluding carboxylic acids is 1. The molecule has 1 amide bonds. The predicted molar refractivity (Wildman–Crippen MR) is 69.7 cm³/mol. The van der Waals surface area contributed by atoms with E-state index in [2.05, 4.69) is 5.32 Å². The molecule has 0 aliphatic rings. The fraction of sp³-hybridized carbons (Fsp3) is 0.417. The van der Waals surface area contributed by atoms with Gasteiger partial charge in [0.25, 0.3) is 0 Å². The zero-order valence-electron chi connectivity index (χ0n) is 10.2. The molecule has 0 saturated heterocycles. The van der Waals surface area contributed by atoms with E-state index in [0.717, 1.165) is 6.07 Å². The van der Waals surface area contributed by atoms with Crippen LogP contribution in [0.15, 0.2) is 18.2 Å². The molecule has 0 fully saturated rings. The van der Waals surface area contributed by atoms with Crippen molar-refractivity contribution in [3.05, 3.63) is 29.8 Å². The van der Waals surface area contributed by atoms with E-state index in [9.17, 15) is 13.6 Å². The zero-order chi connectivity index (χ0) is 13.0. The first kappa shape index (κ1) is 16.8. The van der Waals surface area contributed by atoms with Gasteiger partial charge in [-0.15, -0.1) is 12.4 Å². The molecule has 0 aliphatic carbocycles. The molecule has 0 unspecified atom stereocenters. The molecule has 0 radical (unpaired) electrons. The molecule has 0 aromatic heterocycles. The first-order valence-corrected chi connectivity index (χ1v) is 5.41. The van der Waals surface area contributed by atoms with E-state index in [4.69, 9.17) is 5.73 Å². The van der Waals surface area contributed by atoms with Gasteiger partial charge in [-0.05, 0) is 24.5 Å². The van der Waals surface area contributed by atoms with Gasteiger partial charge in [0.05, 0.1) is 11.7 Å². The number of nitrogens with two attached hydrogens (primary N) is 1. The molecule has 0 aliphatic heterocycles. The van der Waals surface area contributed by atoms with E-state index < -0.39 is 23.6 Å². The lowest BCUT2D eigenvalue weighted by Gasteiger charge is -2.14. The highest BCUT2D eigenvalue weighted by Crippen LogP contribution is 2.15. The molecular formula is C12H17ClF2N2O. The summed E-state index contributed by atoms with van der Waals surface area (Å²) >= 11 is 0. The molecule has 3 nitrogen and oxygen atoms in total. The summed E-state index contributed by atoms with van der Waals surface area (Å²) < 4.78 is 25.9. The monoisotopic (exact) mass is 278 g/mol. The van der Waals surface area contributed by atoms with Gasteiger partial charge < -0.3 is 11.1 Å². The minimum atomic E-state index is -0.810. The van der Waals surface area contributed by atoms with Crippen LogP contribution in [0.4, 0.5) is 14.5 Å². The molecule has 0 bridgehead atoms. The lowest BCUT2D eigenvalue weighted by Crippen LogP contribution is -2.36. The molecule has 1 rings (SSSR count). The van der Waals surface area contributed by atoms with E-state index in [1.807, 2.05) is 13.8 Å². The van der Waals surface area contributed by atoms with Crippen molar-refractivity contribution in [2.45, 2.75) is 26.3 Å². The van der Waals surface area contributed by atoms with Gasteiger partial charge in [0.2, 0.25) is 5.91 Å². The molecule has 0 spiro atoms. The van der Waals surface area contributed by atoms with Gasteiger partial charge in [-0.3, -0.25) is 4.79 Å². The van der Waals surface area contributed by atoms with E-state index in [0.29, 0.717) is 12.5 Å². The number of benzene rings is 1. The third-order valence-electron chi connectivity index (χ3n) is 2.25. The largest absolute Gasteiger partial charge is 0.322 e. The van der Waals surface area contributed by atoms with Crippen molar-refractivity contribution in [1.29, 1.82) is 0 Å². The number of anilines is 1. The fourth-order valence-corrected chi connectivity index (χ4v) is 1.43. The number of halogens is 3. The normalized spacial score (nSPS) is 11.9. The molecule has 18 heavy (non-hydrogen) atoms. The van der Waals surface area contributed by atoms with Crippen LogP contribution in [0.5, 0.6) is 0 Å². The van der Waals surface area contributed by atoms with Crippen LogP contribution >= 0.6 is 12.4 Å². The Bertz CT molecular complexity index is 413. The maximum absolute atomic E-state index is 13.2. The Hall–Kier alpha value is -1.20. The number of carbonyl (C=O) groups is 1. The van der Waals surface area contributed by atoms with E-state index in [1.165, 1.54) is 6.07 Å². The Morgan fingerprint density at radius 1 is 1.39 bits per heavy atom. The number of hydrogen-bond acceptors (Lipinski definition) is 2. The Balaban J connectivity index is 0.00000289. The summed E-state index contributed by atoms with van der Waals surface area (Å²) in [5.74, 6) is -1.69. The molecule has 102 valence electrons. The smallest absolute Gasteiger partial charge is 0.241 e. The van der Waals surface area contributed by atoms with Crippen molar-refractivity contribution in [3.63, 3.8) is 0 Å². The third-order valence-corrected chi connectivity index (χ3v) is 2.25. The fourth-order valence-electron chi connectivity index (χ4n) is 1.43. The summed E-state index contributed by atoms with van der Waals surface area (Å²) in [5, 5.41) is 2.34. The van der Waals surface area contributed by atoms with Crippen LogP contribution < -0.4 is 11.1 Å². The van der Waals surface area contributed by atoms with Gasteiger partial charge in [-0.25, -0.2) is 8.78 Å². The minimum Gasteiger partial charge on any atom is -0.322 e. The van der Waals surface area contributed by atoms with Crippen LogP contribution in [0.1, 0.15) is 20.3 Å². The average molecular weight is 279 g/mol. The maximum atomic E-state index is 13.2. The average Bonchev–Trinajstić information content (AvgIpc) is 2.21. The Morgan fingerprint density at radius 3 is 2.50 bits per heavy atom. The van der Waals surface area contributed by atoms with Crippen molar-refractivity contribution in [3.8, 4) is 0 Å². The van der Waals surface area contributed by atoms with Crippen LogP contribution in [-0.2, 0) is 4.79 Å². The standard InChI is InChI=1S/C12H16F2N2O.ClH/c1-7(2)5-10(15)12(17)16-11-4-3-8(13)6-9(11)14;/h3-4,6-7,10H,5,15H2,1-2H3,(H,16,17);1H/t10-;/m0./s1. The topological polar surface area (TPSA) is 55.1 Å². The van der Waals surface area contributed by atoms with E-state index in [-0.39, 0.29) is 24.0 Å². The quantitative estimate of drug-likeness (QED) is 0.890. The van der Waals surface area contributed by atoms with Gasteiger partial charge in [0, 0.05) is 6.07 Å². The lowest BCUT2D eigenvalue weighted by atomic mass is 10.0. The highest BCUT2D eigenvalue weighted by atomic mass is 35.5. The SMILES string of the molecule is CC(C)C[C@H](N)C(=O)Nc1ccc(F)cc1F.Cl. The van der Waals surface area contributed by atoms with Crippen LogP contribution in [0.2, 0.25) is 0 Å². The van der Waals surface area contributed by atoms with Gasteiger partial charge in [-0.2, -0.15) is 0 Å². The van der Waals surface area contributed by atoms with Crippen LogP contribution in [-0.4, -0.2) is 11.9 Å². The van der Waals surface area contributed by atoms with Crippen LogP contribution in [0.25, 0.3) is 0 Å². The first-order valence-electron chi connectivity index (χ1n) is 5.41. The van der Waals surface area contributed by atoms with Gasteiger partial charge in [-0.1, -0.05) is 13.8 Å². The lowest BCUT2D eigenvalue weighted by molar-refractivity contribution is -0.117. The highest BCUT2D eigenvalue weighted by molar-refractivity contribution is 5.94. The van der Waals surface area contributed by atoms with Gasteiger partial charge in [0.15, 0.2) is 0 Å². The number of amides is 1. The highest BCUT2D eigenvalue weighted by Gasteiger charge is 2.16. The molecule has 6 heteroatoms. The molecule has 1 aromatic carbocycles. The molecule has 1 aromatic rings. The van der Waals surface area contributed by atoms with Crippen molar-refractivity contribution in [2.24, 2.45) is 11.7 Å². The van der Waals surface area contributed by atoms with Gasteiger partial charge >= 0.3 is 0 Å². The minimum absolute atomic E-state index is 0. The Labute approximate surface area is 111 Å². The number of hydrogen-bond donors (Lipinski definition) is 2. The van der Waals surface area contributed by atoms with E-state index in [1.54, 1.807) is 0 Å². The molecule has 0 heterocycles. The van der Waals surface area contributed by atoms with Gasteiger partial charge in [0.1, 0.15) is 11.6 Å². The third kappa shape index (κ3) is 4.98. The summed E-state index contributed by atoms with van der Waals surface area (Å²) in [6, 6.07) is 2.26. The summed E-state index contributed by atoms with van der Waals surface area (Å²) in [4.78, 5) is 11.6. The zero-order valence-corrected chi connectivity index (χ0v) is 11.1. The summed E-state index contributed by atoms with van der Waals surface area (Å²) in [7, 11) is 0. The second kappa shape index (κ2) is 7.28. The van der Waals surface area contributed by atoms with Crippen LogP contribution in [0, 0.1) is 17.6 Å². The van der Waals surface area contributed by atoms with Crippen LogP contribution in [0.3, 0.4) is 0 Å². The van der Waals surface area contributed by atoms with E-state index >= 15 is 0 Å². The second-order valence-electron chi connectivity index (χ2n) is 4.35. The Kier molecular flexibility index (Phi) is 6.80. The number of rotatable bonds is 4. The molecular weight excluding hydrogens is 262 g/mol. The summed E-state index contributed by atoms with van der Waals surface area (Å²) in [6.07, 6.45) is 0.509. The van der Waals surface area contributed by atoms with Crippen molar-refractivity contribution in [2.75, 3.05) is 5.32 Å². The molecule has 1 atom stereocenters.